The number of aryl methyl sites for hydroxylation is 1. The maximum Gasteiger partial charge on any atom is 0.253 e. The topological polar surface area (TPSA) is 81.9 Å². The van der Waals surface area contributed by atoms with E-state index < -0.39 is 6.10 Å². The van der Waals surface area contributed by atoms with Crippen LogP contribution in [-0.4, -0.2) is 39.3 Å². The number of hydrogen-bond donors (Lipinski definition) is 1. The number of anilines is 1. The molecule has 1 unspecified atom stereocenters. The number of carbonyl (C=O) groups is 1. The summed E-state index contributed by atoms with van der Waals surface area (Å²) in [6, 6.07) is 7.27. The van der Waals surface area contributed by atoms with Crippen molar-refractivity contribution >= 4 is 11.6 Å². The molecule has 19 heavy (non-hydrogen) atoms. The second kappa shape index (κ2) is 5.57. The molecule has 0 aliphatic rings. The minimum Gasteiger partial charge on any atom is -0.372 e. The number of nitrogens with zero attached hydrogens (tertiary/aromatic N) is 4. The van der Waals surface area contributed by atoms with Crippen molar-refractivity contribution in [2.45, 2.75) is 20.0 Å². The molecule has 1 aromatic heterocycles. The van der Waals surface area contributed by atoms with Gasteiger partial charge < -0.3 is 10.1 Å². The third kappa shape index (κ3) is 2.94. The van der Waals surface area contributed by atoms with Crippen molar-refractivity contribution in [2.24, 2.45) is 0 Å². The lowest BCUT2D eigenvalue weighted by molar-refractivity contribution is -0.124. The molecule has 1 atom stereocenters. The lowest BCUT2D eigenvalue weighted by Crippen LogP contribution is -2.26. The molecule has 0 saturated heterocycles. The molecule has 0 aliphatic heterocycles. The highest BCUT2D eigenvalue weighted by Gasteiger charge is 2.12. The number of aromatic nitrogens is 4. The summed E-state index contributed by atoms with van der Waals surface area (Å²) in [7, 11) is 1.49. The van der Waals surface area contributed by atoms with E-state index in [-0.39, 0.29) is 5.91 Å². The highest BCUT2D eigenvalue weighted by Crippen LogP contribution is 2.15. The Morgan fingerprint density at radius 1 is 1.47 bits per heavy atom. The van der Waals surface area contributed by atoms with Gasteiger partial charge in [0, 0.05) is 12.8 Å². The van der Waals surface area contributed by atoms with Gasteiger partial charge in [0.2, 0.25) is 0 Å². The zero-order chi connectivity index (χ0) is 13.8. The fourth-order valence-corrected chi connectivity index (χ4v) is 1.54. The van der Waals surface area contributed by atoms with E-state index in [2.05, 4.69) is 20.8 Å². The Labute approximate surface area is 110 Å². The average molecular weight is 261 g/mol. The third-order valence-electron chi connectivity index (χ3n) is 2.71. The largest absolute Gasteiger partial charge is 0.372 e. The van der Waals surface area contributed by atoms with Crippen LogP contribution in [0.3, 0.4) is 0 Å². The highest BCUT2D eigenvalue weighted by atomic mass is 16.5. The van der Waals surface area contributed by atoms with Crippen LogP contribution in [0.5, 0.6) is 0 Å². The van der Waals surface area contributed by atoms with E-state index >= 15 is 0 Å². The van der Waals surface area contributed by atoms with E-state index in [0.717, 1.165) is 5.69 Å². The Morgan fingerprint density at radius 2 is 2.26 bits per heavy atom. The number of ether oxygens (including phenoxy) is 1. The first kappa shape index (κ1) is 13.2. The number of carbonyl (C=O) groups excluding carboxylic acids is 1. The van der Waals surface area contributed by atoms with Gasteiger partial charge in [0.05, 0.1) is 5.69 Å². The Morgan fingerprint density at radius 3 is 2.89 bits per heavy atom. The summed E-state index contributed by atoms with van der Waals surface area (Å²) in [5.41, 5.74) is 1.45. The quantitative estimate of drug-likeness (QED) is 0.885. The van der Waals surface area contributed by atoms with E-state index in [1.165, 1.54) is 7.11 Å². The van der Waals surface area contributed by atoms with Gasteiger partial charge in [-0.25, -0.2) is 0 Å². The molecular formula is C12H15N5O2. The summed E-state index contributed by atoms with van der Waals surface area (Å²) in [4.78, 5) is 11.7. The van der Waals surface area contributed by atoms with Gasteiger partial charge in [-0.15, -0.1) is 5.10 Å². The van der Waals surface area contributed by atoms with Crippen LogP contribution in [0, 0.1) is 6.92 Å². The SMILES string of the molecule is COC(C)C(=O)Nc1cccc(-n2nnnc2C)c1. The summed E-state index contributed by atoms with van der Waals surface area (Å²) in [5, 5.41) is 14.0. The van der Waals surface area contributed by atoms with Crippen molar-refractivity contribution in [3.8, 4) is 5.69 Å². The van der Waals surface area contributed by atoms with Crippen LogP contribution in [0.4, 0.5) is 5.69 Å². The maximum atomic E-state index is 11.7. The fraction of sp³-hybridized carbons (Fsp3) is 0.333. The third-order valence-corrected chi connectivity index (χ3v) is 2.71. The summed E-state index contributed by atoms with van der Waals surface area (Å²) in [6.07, 6.45) is -0.501. The van der Waals surface area contributed by atoms with Gasteiger partial charge in [-0.05, 0) is 42.5 Å². The summed E-state index contributed by atoms with van der Waals surface area (Å²) in [6.45, 7) is 3.49. The first-order valence-electron chi connectivity index (χ1n) is 5.81. The van der Waals surface area contributed by atoms with Crippen molar-refractivity contribution in [1.82, 2.24) is 20.2 Å². The zero-order valence-electron chi connectivity index (χ0n) is 11.0. The van der Waals surface area contributed by atoms with Crippen LogP contribution >= 0.6 is 0 Å². The molecule has 0 spiro atoms. The van der Waals surface area contributed by atoms with Gasteiger partial charge in [0.25, 0.3) is 5.91 Å². The molecule has 7 heteroatoms. The first-order valence-corrected chi connectivity index (χ1v) is 5.81. The Kier molecular flexibility index (Phi) is 3.86. The molecular weight excluding hydrogens is 246 g/mol. The van der Waals surface area contributed by atoms with Crippen molar-refractivity contribution in [3.05, 3.63) is 30.1 Å². The van der Waals surface area contributed by atoms with Crippen molar-refractivity contribution in [3.63, 3.8) is 0 Å². The molecule has 2 aromatic rings. The zero-order valence-corrected chi connectivity index (χ0v) is 11.0. The van der Waals surface area contributed by atoms with Crippen LogP contribution in [0.25, 0.3) is 5.69 Å². The molecule has 1 heterocycles. The second-order valence-corrected chi connectivity index (χ2v) is 4.06. The fourth-order valence-electron chi connectivity index (χ4n) is 1.54. The standard InChI is InChI=1S/C12H15N5O2/c1-8(19-3)12(18)13-10-5-4-6-11(7-10)17-9(2)14-15-16-17/h4-8H,1-3H3,(H,13,18). The average Bonchev–Trinajstić information content (AvgIpc) is 2.84. The van der Waals surface area contributed by atoms with E-state index in [9.17, 15) is 4.79 Å². The number of hydrogen-bond acceptors (Lipinski definition) is 5. The molecule has 1 N–H and O–H groups in total. The monoisotopic (exact) mass is 261 g/mol. The van der Waals surface area contributed by atoms with Crippen molar-refractivity contribution < 1.29 is 9.53 Å². The number of benzene rings is 1. The molecule has 1 amide bonds. The number of tetrazole rings is 1. The summed E-state index contributed by atoms with van der Waals surface area (Å²) < 4.78 is 6.55. The van der Waals surface area contributed by atoms with E-state index in [1.807, 2.05) is 12.1 Å². The summed E-state index contributed by atoms with van der Waals surface area (Å²) in [5.74, 6) is 0.474. The van der Waals surface area contributed by atoms with Gasteiger partial charge in [-0.3, -0.25) is 4.79 Å². The van der Waals surface area contributed by atoms with Crippen molar-refractivity contribution in [1.29, 1.82) is 0 Å². The molecule has 0 saturated carbocycles. The van der Waals surface area contributed by atoms with Gasteiger partial charge >= 0.3 is 0 Å². The van der Waals surface area contributed by atoms with E-state index in [0.29, 0.717) is 11.5 Å². The molecule has 7 nitrogen and oxygen atoms in total. The smallest absolute Gasteiger partial charge is 0.253 e. The molecule has 0 aliphatic carbocycles. The number of methoxy groups -OCH3 is 1. The molecule has 2 rings (SSSR count). The van der Waals surface area contributed by atoms with Crippen LogP contribution in [0.2, 0.25) is 0 Å². The number of amides is 1. The Balaban J connectivity index is 2.21. The highest BCUT2D eigenvalue weighted by molar-refractivity contribution is 5.94. The van der Waals surface area contributed by atoms with Crippen LogP contribution < -0.4 is 5.32 Å². The van der Waals surface area contributed by atoms with Gasteiger partial charge in [0.15, 0.2) is 5.82 Å². The normalized spacial score (nSPS) is 12.2. The van der Waals surface area contributed by atoms with Crippen LogP contribution in [0.1, 0.15) is 12.7 Å². The molecule has 0 bridgehead atoms. The molecule has 0 fully saturated rings. The van der Waals surface area contributed by atoms with E-state index in [1.54, 1.807) is 30.7 Å². The molecule has 1 aromatic carbocycles. The lowest BCUT2D eigenvalue weighted by atomic mass is 10.2. The van der Waals surface area contributed by atoms with Gasteiger partial charge in [-0.2, -0.15) is 4.68 Å². The van der Waals surface area contributed by atoms with Gasteiger partial charge in [-0.1, -0.05) is 6.07 Å². The minimum atomic E-state index is -0.501. The molecule has 100 valence electrons. The number of nitrogens with one attached hydrogen (secondary N) is 1. The van der Waals surface area contributed by atoms with Crippen LogP contribution in [-0.2, 0) is 9.53 Å². The van der Waals surface area contributed by atoms with E-state index in [4.69, 9.17) is 4.74 Å². The second-order valence-electron chi connectivity index (χ2n) is 4.06. The maximum absolute atomic E-state index is 11.7. The summed E-state index contributed by atoms with van der Waals surface area (Å²) >= 11 is 0. The molecule has 0 radical (unpaired) electrons. The lowest BCUT2D eigenvalue weighted by Gasteiger charge is -2.11. The van der Waals surface area contributed by atoms with Crippen molar-refractivity contribution in [2.75, 3.05) is 12.4 Å². The predicted octanol–water partition coefficient (Wildman–Crippen LogP) is 0.944. The predicted molar refractivity (Wildman–Crippen MR) is 69.0 cm³/mol. The minimum absolute atomic E-state index is 0.201. The number of rotatable bonds is 4. The Hall–Kier alpha value is -2.28. The van der Waals surface area contributed by atoms with Crippen LogP contribution in [0.15, 0.2) is 24.3 Å². The van der Waals surface area contributed by atoms with Gasteiger partial charge in [0.1, 0.15) is 6.10 Å². The first-order chi connectivity index (χ1) is 9.11. The Bertz CT molecular complexity index is 581.